The first kappa shape index (κ1) is 12.6. The van der Waals surface area contributed by atoms with Gasteiger partial charge in [0, 0.05) is 18.6 Å². The molecular weight excluding hydrogens is 222 g/mol. The van der Waals surface area contributed by atoms with E-state index in [9.17, 15) is 0 Å². The first-order valence-electron chi connectivity index (χ1n) is 6.44. The maximum Gasteiger partial charge on any atom is 0.209 e. The molecule has 2 rings (SSSR count). The minimum atomic E-state index is -1.09. The molecule has 1 nitrogen and oxygen atoms in total. The third kappa shape index (κ3) is 2.11. The Labute approximate surface area is 106 Å². The second kappa shape index (κ2) is 3.81. The van der Waals surface area contributed by atoms with Crippen molar-refractivity contribution in [2.45, 2.75) is 45.8 Å². The Hall–Kier alpha value is -0.893. The van der Waals surface area contributed by atoms with Crippen LogP contribution >= 0.6 is 0 Å². The highest BCUT2D eigenvalue weighted by Gasteiger charge is 2.43. The summed E-state index contributed by atoms with van der Waals surface area (Å²) in [5.41, 5.74) is 4.60. The van der Waals surface area contributed by atoms with Crippen LogP contribution in [0.4, 0.5) is 5.69 Å². The summed E-state index contributed by atoms with van der Waals surface area (Å²) in [6.07, 6.45) is 1.22. The SMILES string of the molecule is CC1=[N+](C[Si](C)(C)C)c2ccccc2C1(C)C. The number of rotatable bonds is 2. The summed E-state index contributed by atoms with van der Waals surface area (Å²) in [6, 6.07) is 8.87. The molecule has 17 heavy (non-hydrogen) atoms. The number of hydrogen-bond acceptors (Lipinski definition) is 0. The second-order valence-corrected chi connectivity index (χ2v) is 12.3. The van der Waals surface area contributed by atoms with Gasteiger partial charge < -0.3 is 0 Å². The molecule has 0 saturated carbocycles. The van der Waals surface area contributed by atoms with Crippen LogP contribution in [0.5, 0.6) is 0 Å². The van der Waals surface area contributed by atoms with E-state index in [2.05, 4.69) is 69.3 Å². The van der Waals surface area contributed by atoms with Crippen LogP contribution in [-0.2, 0) is 5.41 Å². The molecule has 1 aromatic carbocycles. The monoisotopic (exact) mass is 246 g/mol. The van der Waals surface area contributed by atoms with Crippen molar-refractivity contribution < 1.29 is 4.58 Å². The summed E-state index contributed by atoms with van der Waals surface area (Å²) in [6.45, 7) is 14.3. The zero-order valence-corrected chi connectivity index (χ0v) is 13.0. The molecule has 0 fully saturated rings. The van der Waals surface area contributed by atoms with E-state index < -0.39 is 8.07 Å². The summed E-state index contributed by atoms with van der Waals surface area (Å²) in [5, 5.41) is 0. The number of hydrogen-bond donors (Lipinski definition) is 0. The normalized spacial score (nSPS) is 18.5. The molecule has 1 heterocycles. The first-order valence-corrected chi connectivity index (χ1v) is 10.2. The number of benzene rings is 1. The smallest absolute Gasteiger partial charge is 0.203 e. The Kier molecular flexibility index (Phi) is 2.81. The molecule has 0 amide bonds. The lowest BCUT2D eigenvalue weighted by molar-refractivity contribution is -0.420. The van der Waals surface area contributed by atoms with E-state index in [1.807, 2.05) is 0 Å². The molecule has 1 aromatic rings. The van der Waals surface area contributed by atoms with E-state index in [0.29, 0.717) is 0 Å². The van der Waals surface area contributed by atoms with E-state index in [0.717, 1.165) is 0 Å². The van der Waals surface area contributed by atoms with E-state index >= 15 is 0 Å². The zero-order valence-electron chi connectivity index (χ0n) is 12.0. The van der Waals surface area contributed by atoms with E-state index in [1.165, 1.54) is 23.1 Å². The van der Waals surface area contributed by atoms with Crippen molar-refractivity contribution in [3.05, 3.63) is 29.8 Å². The molecule has 1 aliphatic heterocycles. The topological polar surface area (TPSA) is 3.01 Å². The van der Waals surface area contributed by atoms with Crippen LogP contribution in [0.3, 0.4) is 0 Å². The third-order valence-corrected chi connectivity index (χ3v) is 5.07. The Morgan fingerprint density at radius 1 is 1.12 bits per heavy atom. The maximum atomic E-state index is 2.56. The lowest BCUT2D eigenvalue weighted by Crippen LogP contribution is -2.36. The molecule has 92 valence electrons. The average molecular weight is 246 g/mol. The van der Waals surface area contributed by atoms with Crippen LogP contribution in [0.15, 0.2) is 24.3 Å². The number of fused-ring (bicyclic) bond motifs is 1. The van der Waals surface area contributed by atoms with Crippen molar-refractivity contribution in [1.29, 1.82) is 0 Å². The number of nitrogens with zero attached hydrogens (tertiary/aromatic N) is 1. The highest BCUT2D eigenvalue weighted by molar-refractivity contribution is 6.76. The Morgan fingerprint density at radius 3 is 2.29 bits per heavy atom. The van der Waals surface area contributed by atoms with Gasteiger partial charge in [-0.2, -0.15) is 0 Å². The van der Waals surface area contributed by atoms with Crippen LogP contribution in [0.25, 0.3) is 0 Å². The summed E-state index contributed by atoms with van der Waals surface area (Å²) >= 11 is 0. The molecule has 0 spiro atoms. The summed E-state index contributed by atoms with van der Waals surface area (Å²) < 4.78 is 2.56. The Bertz CT molecular complexity index is 478. The lowest BCUT2D eigenvalue weighted by Gasteiger charge is -2.15. The second-order valence-electron chi connectivity index (χ2n) is 6.87. The molecule has 1 aliphatic rings. The largest absolute Gasteiger partial charge is 0.209 e. The molecule has 0 radical (unpaired) electrons. The van der Waals surface area contributed by atoms with Gasteiger partial charge in [-0.3, -0.25) is 0 Å². The van der Waals surface area contributed by atoms with Gasteiger partial charge in [-0.05, 0) is 13.8 Å². The van der Waals surface area contributed by atoms with Crippen LogP contribution < -0.4 is 0 Å². The van der Waals surface area contributed by atoms with Gasteiger partial charge in [-0.15, -0.1) is 0 Å². The summed E-state index contributed by atoms with van der Waals surface area (Å²) in [5.74, 6) is 0. The summed E-state index contributed by atoms with van der Waals surface area (Å²) in [7, 11) is -1.09. The van der Waals surface area contributed by atoms with Gasteiger partial charge in [0.2, 0.25) is 5.69 Å². The van der Waals surface area contributed by atoms with Crippen molar-refractivity contribution in [2.75, 3.05) is 6.17 Å². The molecule has 0 atom stereocenters. The zero-order chi connectivity index (χ0) is 12.8. The number of para-hydroxylation sites is 1. The van der Waals surface area contributed by atoms with Crippen molar-refractivity contribution >= 4 is 19.5 Å². The van der Waals surface area contributed by atoms with Gasteiger partial charge in [-0.1, -0.05) is 37.8 Å². The maximum absolute atomic E-state index is 2.56. The van der Waals surface area contributed by atoms with Gasteiger partial charge in [0.25, 0.3) is 0 Å². The standard InChI is InChI=1S/C15H24NSi/c1-12-15(2,3)13-9-7-8-10-14(13)16(12)11-17(4,5)6/h7-10H,11H2,1-6H3/q+1. The Balaban J connectivity index is 2.55. The summed E-state index contributed by atoms with van der Waals surface area (Å²) in [4.78, 5) is 0. The lowest BCUT2D eigenvalue weighted by atomic mass is 9.82. The average Bonchev–Trinajstić information content (AvgIpc) is 2.39. The molecule has 0 aliphatic carbocycles. The molecule has 0 aromatic heterocycles. The fourth-order valence-corrected chi connectivity index (χ4v) is 3.98. The van der Waals surface area contributed by atoms with Crippen molar-refractivity contribution in [2.24, 2.45) is 0 Å². The van der Waals surface area contributed by atoms with Gasteiger partial charge in [0.15, 0.2) is 5.71 Å². The first-order chi connectivity index (χ1) is 7.73. The molecule has 0 unspecified atom stereocenters. The fourth-order valence-electron chi connectivity index (χ4n) is 2.63. The third-order valence-electron chi connectivity index (χ3n) is 3.81. The van der Waals surface area contributed by atoms with Crippen LogP contribution in [0.1, 0.15) is 26.3 Å². The molecule has 0 saturated heterocycles. The van der Waals surface area contributed by atoms with Crippen LogP contribution in [0, 0.1) is 0 Å². The quantitative estimate of drug-likeness (QED) is 0.549. The molecule has 2 heteroatoms. The predicted octanol–water partition coefficient (Wildman–Crippen LogP) is 3.96. The molecule has 0 bridgehead atoms. The van der Waals surface area contributed by atoms with Crippen molar-refractivity contribution in [3.8, 4) is 0 Å². The van der Waals surface area contributed by atoms with Crippen LogP contribution in [-0.4, -0.2) is 24.5 Å². The predicted molar refractivity (Wildman–Crippen MR) is 78.3 cm³/mol. The van der Waals surface area contributed by atoms with E-state index in [-0.39, 0.29) is 5.41 Å². The van der Waals surface area contributed by atoms with Crippen molar-refractivity contribution in [3.63, 3.8) is 0 Å². The van der Waals surface area contributed by atoms with E-state index in [4.69, 9.17) is 0 Å². The molecular formula is C15H24NSi+. The van der Waals surface area contributed by atoms with Crippen LogP contribution in [0.2, 0.25) is 19.6 Å². The van der Waals surface area contributed by atoms with Gasteiger partial charge in [-0.25, -0.2) is 4.58 Å². The fraction of sp³-hybridized carbons (Fsp3) is 0.533. The Morgan fingerprint density at radius 2 is 1.71 bits per heavy atom. The van der Waals surface area contributed by atoms with Gasteiger partial charge in [0.1, 0.15) is 14.2 Å². The van der Waals surface area contributed by atoms with E-state index in [1.54, 1.807) is 0 Å². The van der Waals surface area contributed by atoms with Gasteiger partial charge >= 0.3 is 0 Å². The highest BCUT2D eigenvalue weighted by atomic mass is 28.3. The highest BCUT2D eigenvalue weighted by Crippen LogP contribution is 2.39. The van der Waals surface area contributed by atoms with Crippen molar-refractivity contribution in [1.82, 2.24) is 0 Å². The minimum absolute atomic E-state index is 0.191. The minimum Gasteiger partial charge on any atom is -0.203 e. The molecule has 0 N–H and O–H groups in total. The van der Waals surface area contributed by atoms with Gasteiger partial charge in [0.05, 0.1) is 5.41 Å².